The number of benzene rings is 2. The van der Waals surface area contributed by atoms with Crippen molar-refractivity contribution in [3.63, 3.8) is 0 Å². The standard InChI is InChI=1S/C16H15NO3S/c1-20-13-5-8-15-12(9-13)10-16(17-15)11-3-6-14(7-4-11)21(2,18)19/h3-10,17H,1-2H3. The Bertz CT molecular complexity index is 893. The van der Waals surface area contributed by atoms with Crippen molar-refractivity contribution in [2.75, 3.05) is 13.4 Å². The molecule has 4 nitrogen and oxygen atoms in total. The van der Waals surface area contributed by atoms with Gasteiger partial charge in [0.25, 0.3) is 0 Å². The van der Waals surface area contributed by atoms with Crippen LogP contribution in [0.25, 0.3) is 22.2 Å². The van der Waals surface area contributed by atoms with Crippen LogP contribution < -0.4 is 4.74 Å². The highest BCUT2D eigenvalue weighted by atomic mass is 32.2. The summed E-state index contributed by atoms with van der Waals surface area (Å²) in [5.41, 5.74) is 2.90. The number of methoxy groups -OCH3 is 1. The van der Waals surface area contributed by atoms with E-state index in [-0.39, 0.29) is 0 Å². The monoisotopic (exact) mass is 301 g/mol. The van der Waals surface area contributed by atoms with Crippen molar-refractivity contribution < 1.29 is 13.2 Å². The average molecular weight is 301 g/mol. The maximum Gasteiger partial charge on any atom is 0.175 e. The smallest absolute Gasteiger partial charge is 0.175 e. The first-order chi connectivity index (χ1) is 9.97. The number of fused-ring (bicyclic) bond motifs is 1. The largest absolute Gasteiger partial charge is 0.497 e. The van der Waals surface area contributed by atoms with E-state index in [1.165, 1.54) is 6.26 Å². The van der Waals surface area contributed by atoms with Gasteiger partial charge in [-0.25, -0.2) is 8.42 Å². The first-order valence-corrected chi connectivity index (χ1v) is 8.34. The van der Waals surface area contributed by atoms with Crippen molar-refractivity contribution in [1.29, 1.82) is 0 Å². The van der Waals surface area contributed by atoms with Crippen LogP contribution in [0.3, 0.4) is 0 Å². The van der Waals surface area contributed by atoms with Gasteiger partial charge in [-0.2, -0.15) is 0 Å². The predicted octanol–water partition coefficient (Wildman–Crippen LogP) is 3.25. The van der Waals surface area contributed by atoms with Crippen molar-refractivity contribution in [3.8, 4) is 17.0 Å². The van der Waals surface area contributed by atoms with Crippen LogP contribution >= 0.6 is 0 Å². The maximum atomic E-state index is 11.5. The quantitative estimate of drug-likeness (QED) is 0.808. The minimum absolute atomic E-state index is 0.323. The van der Waals surface area contributed by atoms with E-state index < -0.39 is 9.84 Å². The normalized spacial score (nSPS) is 11.7. The van der Waals surface area contributed by atoms with E-state index in [1.54, 1.807) is 31.4 Å². The lowest BCUT2D eigenvalue weighted by molar-refractivity contribution is 0.415. The Morgan fingerprint density at radius 1 is 1.00 bits per heavy atom. The molecule has 0 unspecified atom stereocenters. The molecule has 21 heavy (non-hydrogen) atoms. The summed E-state index contributed by atoms with van der Waals surface area (Å²) in [6.07, 6.45) is 1.21. The van der Waals surface area contributed by atoms with Gasteiger partial charge in [-0.3, -0.25) is 0 Å². The Balaban J connectivity index is 2.04. The summed E-state index contributed by atoms with van der Waals surface area (Å²) in [7, 11) is -1.52. The third-order valence-electron chi connectivity index (χ3n) is 3.42. The van der Waals surface area contributed by atoms with Gasteiger partial charge in [0.05, 0.1) is 12.0 Å². The van der Waals surface area contributed by atoms with E-state index in [2.05, 4.69) is 4.98 Å². The molecule has 1 N–H and O–H groups in total. The van der Waals surface area contributed by atoms with Crippen molar-refractivity contribution in [3.05, 3.63) is 48.5 Å². The van der Waals surface area contributed by atoms with E-state index >= 15 is 0 Å². The molecule has 0 aliphatic heterocycles. The number of aromatic nitrogens is 1. The van der Waals surface area contributed by atoms with Gasteiger partial charge < -0.3 is 9.72 Å². The molecule has 1 aromatic heterocycles. The lowest BCUT2D eigenvalue weighted by Gasteiger charge is -2.00. The molecular weight excluding hydrogens is 286 g/mol. The van der Waals surface area contributed by atoms with Gasteiger partial charge in [0.1, 0.15) is 5.75 Å². The molecule has 5 heteroatoms. The van der Waals surface area contributed by atoms with Crippen LogP contribution in [0.2, 0.25) is 0 Å². The fourth-order valence-electron chi connectivity index (χ4n) is 2.27. The number of aromatic amines is 1. The highest BCUT2D eigenvalue weighted by Gasteiger charge is 2.08. The van der Waals surface area contributed by atoms with Gasteiger partial charge in [0, 0.05) is 22.9 Å². The van der Waals surface area contributed by atoms with Crippen molar-refractivity contribution >= 4 is 20.7 Å². The van der Waals surface area contributed by atoms with Crippen LogP contribution in [-0.4, -0.2) is 26.8 Å². The maximum absolute atomic E-state index is 11.5. The molecule has 0 radical (unpaired) electrons. The number of H-pyrrole nitrogens is 1. The van der Waals surface area contributed by atoms with Crippen LogP contribution in [0, 0.1) is 0 Å². The first-order valence-electron chi connectivity index (χ1n) is 6.44. The van der Waals surface area contributed by atoms with Crippen LogP contribution in [0.4, 0.5) is 0 Å². The Morgan fingerprint density at radius 2 is 1.71 bits per heavy atom. The average Bonchev–Trinajstić information content (AvgIpc) is 2.89. The molecule has 0 saturated heterocycles. The minimum atomic E-state index is -3.16. The molecule has 0 aliphatic carbocycles. The van der Waals surface area contributed by atoms with E-state index in [9.17, 15) is 8.42 Å². The summed E-state index contributed by atoms with van der Waals surface area (Å²) >= 11 is 0. The predicted molar refractivity (Wildman–Crippen MR) is 83.4 cm³/mol. The van der Waals surface area contributed by atoms with Crippen LogP contribution in [0.1, 0.15) is 0 Å². The molecule has 3 rings (SSSR count). The summed E-state index contributed by atoms with van der Waals surface area (Å²) in [5, 5.41) is 1.05. The first kappa shape index (κ1) is 13.7. The summed E-state index contributed by atoms with van der Waals surface area (Å²) < 4.78 is 28.2. The third kappa shape index (κ3) is 2.64. The lowest BCUT2D eigenvalue weighted by atomic mass is 10.1. The molecule has 0 fully saturated rings. The van der Waals surface area contributed by atoms with E-state index in [4.69, 9.17) is 4.74 Å². The topological polar surface area (TPSA) is 59.2 Å². The molecule has 0 bridgehead atoms. The molecule has 1 heterocycles. The van der Waals surface area contributed by atoms with Crippen molar-refractivity contribution in [1.82, 2.24) is 4.98 Å². The van der Waals surface area contributed by atoms with E-state index in [0.29, 0.717) is 4.90 Å². The number of rotatable bonds is 3. The second-order valence-electron chi connectivity index (χ2n) is 4.93. The molecule has 3 aromatic rings. The molecule has 0 aliphatic rings. The zero-order valence-corrected chi connectivity index (χ0v) is 12.6. The molecule has 0 spiro atoms. The number of ether oxygens (including phenoxy) is 1. The summed E-state index contributed by atoms with van der Waals surface area (Å²) in [6, 6.07) is 14.7. The fraction of sp³-hybridized carbons (Fsp3) is 0.125. The number of sulfone groups is 1. The van der Waals surface area contributed by atoms with Crippen LogP contribution in [0.15, 0.2) is 53.4 Å². The zero-order valence-electron chi connectivity index (χ0n) is 11.8. The molecule has 0 atom stereocenters. The Hall–Kier alpha value is -2.27. The van der Waals surface area contributed by atoms with Gasteiger partial charge in [0.15, 0.2) is 9.84 Å². The van der Waals surface area contributed by atoms with Gasteiger partial charge in [-0.05, 0) is 42.0 Å². The van der Waals surface area contributed by atoms with E-state index in [1.807, 2.05) is 24.3 Å². The van der Waals surface area contributed by atoms with Crippen LogP contribution in [0.5, 0.6) is 5.75 Å². The number of nitrogens with one attached hydrogen (secondary N) is 1. The van der Waals surface area contributed by atoms with E-state index in [0.717, 1.165) is 27.9 Å². The van der Waals surface area contributed by atoms with Gasteiger partial charge in [0.2, 0.25) is 0 Å². The number of hydrogen-bond acceptors (Lipinski definition) is 3. The van der Waals surface area contributed by atoms with Gasteiger partial charge in [-0.15, -0.1) is 0 Å². The summed E-state index contributed by atoms with van der Waals surface area (Å²) in [4.78, 5) is 3.64. The van der Waals surface area contributed by atoms with Crippen molar-refractivity contribution in [2.45, 2.75) is 4.90 Å². The molecule has 0 saturated carbocycles. The molecular formula is C16H15NO3S. The van der Waals surface area contributed by atoms with Crippen LogP contribution in [-0.2, 0) is 9.84 Å². The van der Waals surface area contributed by atoms with Crippen molar-refractivity contribution in [2.24, 2.45) is 0 Å². The second kappa shape index (κ2) is 4.93. The fourth-order valence-corrected chi connectivity index (χ4v) is 2.91. The van der Waals surface area contributed by atoms with Gasteiger partial charge >= 0.3 is 0 Å². The summed E-state index contributed by atoms with van der Waals surface area (Å²) in [6.45, 7) is 0. The molecule has 0 amide bonds. The second-order valence-corrected chi connectivity index (χ2v) is 6.95. The number of hydrogen-bond donors (Lipinski definition) is 1. The summed E-state index contributed by atoms with van der Waals surface area (Å²) in [5.74, 6) is 0.806. The lowest BCUT2D eigenvalue weighted by Crippen LogP contribution is -1.96. The zero-order chi connectivity index (χ0) is 15.0. The highest BCUT2D eigenvalue weighted by molar-refractivity contribution is 7.90. The SMILES string of the molecule is COc1ccc2[nH]c(-c3ccc(S(C)(=O)=O)cc3)cc2c1. The Morgan fingerprint density at radius 3 is 2.33 bits per heavy atom. The molecule has 2 aromatic carbocycles. The van der Waals surface area contributed by atoms with Gasteiger partial charge in [-0.1, -0.05) is 12.1 Å². The Labute approximate surface area is 123 Å². The highest BCUT2D eigenvalue weighted by Crippen LogP contribution is 2.27. The molecule has 108 valence electrons. The Kier molecular flexibility index (Phi) is 3.22. The minimum Gasteiger partial charge on any atom is -0.497 e. The third-order valence-corrected chi connectivity index (χ3v) is 4.55.